The molecule has 1 aromatic rings. The molecule has 2 rings (SSSR count). The van der Waals surface area contributed by atoms with Gasteiger partial charge in [0.25, 0.3) is 5.91 Å². The average molecular weight is 369 g/mol. The van der Waals surface area contributed by atoms with E-state index in [9.17, 15) is 14.1 Å². The number of ether oxygens (including phenoxy) is 1. The number of nitrogens with zero attached hydrogens (tertiary/aromatic N) is 2. The van der Waals surface area contributed by atoms with Crippen LogP contribution in [0.2, 0.25) is 5.02 Å². The van der Waals surface area contributed by atoms with Crippen molar-refractivity contribution in [3.8, 4) is 0 Å². The maximum Gasteiger partial charge on any atom is 0.411 e. The molecule has 1 fully saturated rings. The van der Waals surface area contributed by atoms with Crippen LogP contribution in [0.15, 0.2) is 36.4 Å². The number of carbonyl (C=O) groups is 2. The van der Waals surface area contributed by atoms with Crippen molar-refractivity contribution in [3.05, 3.63) is 47.0 Å². The third kappa shape index (κ3) is 5.19. The van der Waals surface area contributed by atoms with Crippen LogP contribution >= 0.6 is 11.6 Å². The molecule has 1 aliphatic rings. The summed E-state index contributed by atoms with van der Waals surface area (Å²) in [6.07, 6.45) is -0.436. The predicted octanol–water partition coefficient (Wildman–Crippen LogP) is 4.12. The number of benzene rings is 1. The molecule has 1 saturated heterocycles. The van der Waals surface area contributed by atoms with Crippen LogP contribution in [0.4, 0.5) is 9.28 Å². The van der Waals surface area contributed by atoms with E-state index in [1.807, 2.05) is 0 Å². The van der Waals surface area contributed by atoms with Crippen LogP contribution in [0.5, 0.6) is 0 Å². The number of carbonyl (C=O) groups excluding carboxylic acids is 2. The SMILES string of the molecule is C=C1CC(C(=O)N(F)Cc2cccc(Cl)c2)N(C(=O)OC(C)(C)C)C1. The summed E-state index contributed by atoms with van der Waals surface area (Å²) in [7, 11) is 0. The molecule has 0 spiro atoms. The zero-order chi connectivity index (χ0) is 18.8. The first-order chi connectivity index (χ1) is 11.6. The Balaban J connectivity index is 2.09. The Morgan fingerprint density at radius 1 is 1.44 bits per heavy atom. The van der Waals surface area contributed by atoms with Crippen LogP contribution in [-0.4, -0.2) is 40.2 Å². The van der Waals surface area contributed by atoms with E-state index in [4.69, 9.17) is 16.3 Å². The molecular formula is C18H22ClFN2O3. The van der Waals surface area contributed by atoms with E-state index in [0.29, 0.717) is 16.2 Å². The summed E-state index contributed by atoms with van der Waals surface area (Å²) in [6.45, 7) is 8.93. The Kier molecular flexibility index (Phi) is 5.72. The highest BCUT2D eigenvalue weighted by Crippen LogP contribution is 2.26. The molecule has 0 radical (unpaired) electrons. The van der Waals surface area contributed by atoms with Gasteiger partial charge in [-0.05, 0) is 44.9 Å². The number of rotatable bonds is 3. The van der Waals surface area contributed by atoms with E-state index >= 15 is 0 Å². The second kappa shape index (κ2) is 7.44. The highest BCUT2D eigenvalue weighted by molar-refractivity contribution is 6.30. The molecule has 1 aromatic carbocycles. The van der Waals surface area contributed by atoms with Crippen LogP contribution < -0.4 is 0 Å². The average Bonchev–Trinajstić information content (AvgIpc) is 2.87. The monoisotopic (exact) mass is 368 g/mol. The highest BCUT2D eigenvalue weighted by Gasteiger charge is 2.40. The maximum absolute atomic E-state index is 14.4. The molecule has 0 N–H and O–H groups in total. The highest BCUT2D eigenvalue weighted by atomic mass is 35.5. The first-order valence-corrected chi connectivity index (χ1v) is 8.32. The number of halogens is 2. The topological polar surface area (TPSA) is 49.9 Å². The first-order valence-electron chi connectivity index (χ1n) is 7.94. The molecule has 1 aliphatic heterocycles. The zero-order valence-corrected chi connectivity index (χ0v) is 15.3. The minimum Gasteiger partial charge on any atom is -0.444 e. The summed E-state index contributed by atoms with van der Waals surface area (Å²) >= 11 is 5.87. The molecule has 136 valence electrons. The Hall–Kier alpha value is -2.08. The predicted molar refractivity (Wildman–Crippen MR) is 93.6 cm³/mol. The van der Waals surface area contributed by atoms with Crippen molar-refractivity contribution in [3.63, 3.8) is 0 Å². The summed E-state index contributed by atoms with van der Waals surface area (Å²) in [6, 6.07) is 5.65. The second-order valence-electron chi connectivity index (χ2n) is 7.07. The number of hydrogen-bond acceptors (Lipinski definition) is 3. The zero-order valence-electron chi connectivity index (χ0n) is 14.6. The van der Waals surface area contributed by atoms with Gasteiger partial charge in [-0.2, -0.15) is 5.12 Å². The van der Waals surface area contributed by atoms with Crippen LogP contribution in [0, 0.1) is 0 Å². The number of hydrogen-bond donors (Lipinski definition) is 0. The maximum atomic E-state index is 14.4. The van der Waals surface area contributed by atoms with Gasteiger partial charge in [0.1, 0.15) is 11.6 Å². The summed E-state index contributed by atoms with van der Waals surface area (Å²) in [5, 5.41) is 0.565. The lowest BCUT2D eigenvalue weighted by Crippen LogP contribution is -2.47. The molecule has 5 nitrogen and oxygen atoms in total. The summed E-state index contributed by atoms with van der Waals surface area (Å²) < 4.78 is 19.7. The fraction of sp³-hybridized carbons (Fsp3) is 0.444. The third-order valence-electron chi connectivity index (χ3n) is 3.61. The molecule has 0 bridgehead atoms. The van der Waals surface area contributed by atoms with E-state index < -0.39 is 23.6 Å². The fourth-order valence-corrected chi connectivity index (χ4v) is 2.78. The molecule has 1 heterocycles. The molecule has 25 heavy (non-hydrogen) atoms. The minimum atomic E-state index is -0.952. The lowest BCUT2D eigenvalue weighted by atomic mass is 10.1. The largest absolute Gasteiger partial charge is 0.444 e. The number of likely N-dealkylation sites (tertiary alicyclic amines) is 1. The standard InChI is InChI=1S/C18H22ClFN2O3/c1-12-8-15(21(10-12)17(24)25-18(2,3)4)16(23)22(20)11-13-6-5-7-14(19)9-13/h5-7,9,15H,1,8,10-11H2,2-4H3. The van der Waals surface area contributed by atoms with Crippen LogP contribution in [-0.2, 0) is 16.1 Å². The molecule has 7 heteroatoms. The Morgan fingerprint density at radius 2 is 2.12 bits per heavy atom. The fourth-order valence-electron chi connectivity index (χ4n) is 2.57. The van der Waals surface area contributed by atoms with E-state index in [1.165, 1.54) is 4.90 Å². The van der Waals surface area contributed by atoms with Crippen molar-refractivity contribution in [2.45, 2.75) is 45.4 Å². The van der Waals surface area contributed by atoms with Crippen molar-refractivity contribution in [2.75, 3.05) is 6.54 Å². The second-order valence-corrected chi connectivity index (χ2v) is 7.50. The van der Waals surface area contributed by atoms with Gasteiger partial charge in [-0.1, -0.05) is 40.4 Å². The normalized spacial score (nSPS) is 17.6. The minimum absolute atomic E-state index is 0.103. The van der Waals surface area contributed by atoms with E-state index in [-0.39, 0.29) is 24.6 Å². The van der Waals surface area contributed by atoms with E-state index in [0.717, 1.165) is 0 Å². The molecule has 0 saturated carbocycles. The van der Waals surface area contributed by atoms with Crippen molar-refractivity contribution >= 4 is 23.6 Å². The van der Waals surface area contributed by atoms with Crippen LogP contribution in [0.1, 0.15) is 32.8 Å². The van der Waals surface area contributed by atoms with Crippen LogP contribution in [0.3, 0.4) is 0 Å². The molecule has 1 unspecified atom stereocenters. The summed E-state index contributed by atoms with van der Waals surface area (Å²) in [4.78, 5) is 26.0. The van der Waals surface area contributed by atoms with Crippen molar-refractivity contribution in [2.24, 2.45) is 0 Å². The van der Waals surface area contributed by atoms with Crippen molar-refractivity contribution in [1.82, 2.24) is 10.0 Å². The Morgan fingerprint density at radius 3 is 2.72 bits per heavy atom. The quantitative estimate of drug-likeness (QED) is 0.595. The van der Waals surface area contributed by atoms with Gasteiger partial charge >= 0.3 is 6.09 Å². The molecular weight excluding hydrogens is 347 g/mol. The van der Waals surface area contributed by atoms with Crippen LogP contribution in [0.25, 0.3) is 0 Å². The lowest BCUT2D eigenvalue weighted by Gasteiger charge is -2.28. The summed E-state index contributed by atoms with van der Waals surface area (Å²) in [5.74, 6) is -0.801. The molecule has 0 aliphatic carbocycles. The molecule has 2 amide bonds. The molecule has 1 atom stereocenters. The first kappa shape index (κ1) is 19.2. The van der Waals surface area contributed by atoms with Gasteiger partial charge < -0.3 is 4.74 Å². The number of amides is 2. The lowest BCUT2D eigenvalue weighted by molar-refractivity contribution is -0.152. The van der Waals surface area contributed by atoms with Crippen molar-refractivity contribution in [1.29, 1.82) is 0 Å². The van der Waals surface area contributed by atoms with Gasteiger partial charge in [-0.25, -0.2) is 4.79 Å². The Bertz CT molecular complexity index is 687. The van der Waals surface area contributed by atoms with Gasteiger partial charge in [0, 0.05) is 11.6 Å². The smallest absolute Gasteiger partial charge is 0.411 e. The summed E-state index contributed by atoms with van der Waals surface area (Å²) in [5.41, 5.74) is 0.537. The van der Waals surface area contributed by atoms with E-state index in [2.05, 4.69) is 6.58 Å². The van der Waals surface area contributed by atoms with E-state index in [1.54, 1.807) is 45.0 Å². The van der Waals surface area contributed by atoms with Gasteiger partial charge in [0.15, 0.2) is 0 Å². The van der Waals surface area contributed by atoms with Gasteiger partial charge in [-0.15, -0.1) is 0 Å². The van der Waals surface area contributed by atoms with Gasteiger partial charge in [0.2, 0.25) is 0 Å². The third-order valence-corrected chi connectivity index (χ3v) is 3.85. The molecule has 0 aromatic heterocycles. The van der Waals surface area contributed by atoms with Gasteiger partial charge in [0.05, 0.1) is 6.54 Å². The van der Waals surface area contributed by atoms with Crippen molar-refractivity contribution < 1.29 is 18.8 Å². The van der Waals surface area contributed by atoms with Gasteiger partial charge in [-0.3, -0.25) is 9.69 Å². The Labute approximate surface area is 151 Å².